The molecular formula is C24H27N3O3S. The van der Waals surface area contributed by atoms with Crippen LogP contribution in [-0.4, -0.2) is 26.9 Å². The number of amidine groups is 1. The van der Waals surface area contributed by atoms with Gasteiger partial charge in [-0.25, -0.2) is 4.99 Å². The maximum absolute atomic E-state index is 13.6. The van der Waals surface area contributed by atoms with Gasteiger partial charge in [0.15, 0.2) is 5.17 Å². The van der Waals surface area contributed by atoms with Crippen LogP contribution in [0.25, 0.3) is 0 Å². The second-order valence-electron chi connectivity index (χ2n) is 8.38. The molecule has 2 fully saturated rings. The van der Waals surface area contributed by atoms with Gasteiger partial charge in [0.25, 0.3) is 5.69 Å². The third-order valence-electron chi connectivity index (χ3n) is 6.34. The smallest absolute Gasteiger partial charge is 0.269 e. The number of carbonyl (C=O) groups is 1. The number of nitro benzene ring substituents is 1. The third kappa shape index (κ3) is 4.51. The molecule has 0 radical (unpaired) electrons. The quantitative estimate of drug-likeness (QED) is 0.414. The first-order valence-corrected chi connectivity index (χ1v) is 11.7. The summed E-state index contributed by atoms with van der Waals surface area (Å²) in [5.74, 6) is 0.545. The van der Waals surface area contributed by atoms with Crippen LogP contribution in [-0.2, 0) is 4.79 Å². The molecule has 0 aromatic heterocycles. The molecule has 2 aromatic rings. The first-order chi connectivity index (χ1) is 15.0. The second kappa shape index (κ2) is 9.22. The molecule has 1 amide bonds. The predicted molar refractivity (Wildman–Crippen MR) is 125 cm³/mol. The van der Waals surface area contributed by atoms with E-state index in [0.29, 0.717) is 16.8 Å². The lowest BCUT2D eigenvalue weighted by Crippen LogP contribution is -2.43. The van der Waals surface area contributed by atoms with Gasteiger partial charge < -0.3 is 0 Å². The predicted octanol–water partition coefficient (Wildman–Crippen LogP) is 6.18. The molecule has 0 N–H and O–H groups in total. The second-order valence-corrected chi connectivity index (χ2v) is 9.45. The van der Waals surface area contributed by atoms with E-state index in [1.54, 1.807) is 6.07 Å². The van der Waals surface area contributed by atoms with Crippen molar-refractivity contribution in [2.45, 2.75) is 57.2 Å². The van der Waals surface area contributed by atoms with Crippen molar-refractivity contribution in [3.05, 3.63) is 69.8 Å². The Morgan fingerprint density at radius 2 is 1.84 bits per heavy atom. The molecule has 162 valence electrons. The lowest BCUT2D eigenvalue weighted by molar-refractivity contribution is -0.384. The summed E-state index contributed by atoms with van der Waals surface area (Å²) >= 11 is 1.48. The van der Waals surface area contributed by atoms with Crippen LogP contribution in [0, 0.1) is 23.0 Å². The summed E-state index contributed by atoms with van der Waals surface area (Å²) in [5, 5.41) is 11.5. The van der Waals surface area contributed by atoms with Gasteiger partial charge in [-0.2, -0.15) is 0 Å². The Morgan fingerprint density at radius 1 is 1.13 bits per heavy atom. The number of carbonyl (C=O) groups excluding carboxylic acids is 1. The minimum absolute atomic E-state index is 0.0474. The highest BCUT2D eigenvalue weighted by molar-refractivity contribution is 8.15. The van der Waals surface area contributed by atoms with Gasteiger partial charge in [0.1, 0.15) is 5.25 Å². The molecule has 2 atom stereocenters. The summed E-state index contributed by atoms with van der Waals surface area (Å²) in [6.45, 7) is 3.96. The normalized spacial score (nSPS) is 22.1. The fourth-order valence-electron chi connectivity index (χ4n) is 4.54. The third-order valence-corrected chi connectivity index (χ3v) is 7.55. The van der Waals surface area contributed by atoms with Gasteiger partial charge in [-0.1, -0.05) is 61.4 Å². The zero-order chi connectivity index (χ0) is 22.0. The number of amides is 1. The number of aliphatic imine (C=N–C) groups is 1. The van der Waals surface area contributed by atoms with Crippen LogP contribution in [0.4, 0.5) is 11.4 Å². The van der Waals surface area contributed by atoms with Gasteiger partial charge in [0.2, 0.25) is 5.91 Å². The first-order valence-electron chi connectivity index (χ1n) is 10.8. The number of thioether (sulfide) groups is 1. The van der Waals surface area contributed by atoms with E-state index in [4.69, 9.17) is 4.99 Å². The monoisotopic (exact) mass is 437 g/mol. The van der Waals surface area contributed by atoms with Crippen LogP contribution >= 0.6 is 11.8 Å². The molecule has 7 heteroatoms. The maximum Gasteiger partial charge on any atom is 0.269 e. The molecule has 1 saturated carbocycles. The topological polar surface area (TPSA) is 75.8 Å². The van der Waals surface area contributed by atoms with E-state index in [2.05, 4.69) is 6.92 Å². The van der Waals surface area contributed by atoms with Crippen molar-refractivity contribution in [1.82, 2.24) is 4.90 Å². The molecule has 4 rings (SSSR count). The number of non-ortho nitro benzene ring substituents is 1. The van der Waals surface area contributed by atoms with Gasteiger partial charge in [-0.05, 0) is 49.8 Å². The number of nitrogens with zero attached hydrogens (tertiary/aromatic N) is 3. The highest BCUT2D eigenvalue weighted by Gasteiger charge is 2.43. The van der Waals surface area contributed by atoms with Crippen molar-refractivity contribution in [3.63, 3.8) is 0 Å². The van der Waals surface area contributed by atoms with E-state index in [-0.39, 0.29) is 22.9 Å². The number of benzene rings is 2. The van der Waals surface area contributed by atoms with Crippen LogP contribution in [0.5, 0.6) is 0 Å². The molecule has 31 heavy (non-hydrogen) atoms. The first kappa shape index (κ1) is 21.6. The molecule has 1 heterocycles. The van der Waals surface area contributed by atoms with Gasteiger partial charge in [0, 0.05) is 18.2 Å². The number of nitro groups is 1. The average molecular weight is 438 g/mol. The van der Waals surface area contributed by atoms with E-state index in [0.717, 1.165) is 24.0 Å². The highest BCUT2D eigenvalue weighted by Crippen LogP contribution is 2.44. The molecule has 1 unspecified atom stereocenters. The molecule has 2 aliphatic rings. The molecular weight excluding hydrogens is 410 g/mol. The molecule has 0 bridgehead atoms. The zero-order valence-electron chi connectivity index (χ0n) is 17.9. The van der Waals surface area contributed by atoms with Gasteiger partial charge >= 0.3 is 0 Å². The molecule has 6 nitrogen and oxygen atoms in total. The Hall–Kier alpha value is -2.67. The minimum atomic E-state index is -0.402. The van der Waals surface area contributed by atoms with E-state index in [1.165, 1.54) is 43.2 Å². The number of hydrogen-bond acceptors (Lipinski definition) is 5. The summed E-state index contributed by atoms with van der Waals surface area (Å²) < 4.78 is 0. The Bertz CT molecular complexity index is 1000. The molecule has 1 aliphatic carbocycles. The van der Waals surface area contributed by atoms with Crippen molar-refractivity contribution in [2.75, 3.05) is 0 Å². The van der Waals surface area contributed by atoms with Crippen molar-refractivity contribution in [1.29, 1.82) is 0 Å². The Morgan fingerprint density at radius 3 is 2.48 bits per heavy atom. The van der Waals surface area contributed by atoms with E-state index in [9.17, 15) is 14.9 Å². The van der Waals surface area contributed by atoms with Crippen molar-refractivity contribution in [3.8, 4) is 0 Å². The van der Waals surface area contributed by atoms with Crippen LogP contribution in [0.15, 0.2) is 53.5 Å². The van der Waals surface area contributed by atoms with Crippen molar-refractivity contribution in [2.24, 2.45) is 10.9 Å². The molecule has 1 aliphatic heterocycles. The molecule has 2 aromatic carbocycles. The largest absolute Gasteiger partial charge is 0.287 e. The summed E-state index contributed by atoms with van der Waals surface area (Å²) in [7, 11) is 0. The lowest BCUT2D eigenvalue weighted by atomic mass is 9.84. The number of aryl methyl sites for hydroxylation is 1. The van der Waals surface area contributed by atoms with Crippen molar-refractivity contribution >= 4 is 34.2 Å². The van der Waals surface area contributed by atoms with Crippen LogP contribution in [0.2, 0.25) is 0 Å². The number of hydrogen-bond donors (Lipinski definition) is 0. The lowest BCUT2D eigenvalue weighted by Gasteiger charge is -2.34. The Labute approximate surface area is 186 Å². The van der Waals surface area contributed by atoms with Crippen molar-refractivity contribution < 1.29 is 9.72 Å². The molecule has 0 spiro atoms. The summed E-state index contributed by atoms with van der Waals surface area (Å²) in [6.07, 6.45) is 5.95. The molecule has 1 saturated heterocycles. The fraction of sp³-hybridized carbons (Fsp3) is 0.417. The van der Waals surface area contributed by atoms with Gasteiger partial charge in [-0.3, -0.25) is 19.8 Å². The Kier molecular flexibility index (Phi) is 6.41. The van der Waals surface area contributed by atoms with Gasteiger partial charge in [-0.15, -0.1) is 0 Å². The minimum Gasteiger partial charge on any atom is -0.287 e. The van der Waals surface area contributed by atoms with Crippen LogP contribution in [0.3, 0.4) is 0 Å². The van der Waals surface area contributed by atoms with Gasteiger partial charge in [0.05, 0.1) is 10.6 Å². The zero-order valence-corrected chi connectivity index (χ0v) is 18.7. The summed E-state index contributed by atoms with van der Waals surface area (Å²) in [6, 6.07) is 14.6. The SMILES string of the molecule is Cc1cc([N+](=O)[O-])ccc1/N=C1\SC(c2ccccc2)C(=O)N1[C@@H](C)C1CCCCC1. The number of rotatable bonds is 5. The van der Waals surface area contributed by atoms with E-state index < -0.39 is 4.92 Å². The standard InChI is InChI=1S/C24H27N3O3S/c1-16-15-20(27(29)30)13-14-21(16)25-24-26(17(2)18-9-5-3-6-10-18)23(28)22(31-24)19-11-7-4-8-12-19/h4,7-8,11-15,17-18,22H,3,5-6,9-10H2,1-2H3/b25-24-/t17-,22?/m0/s1. The average Bonchev–Trinajstić information content (AvgIpc) is 3.11. The van der Waals surface area contributed by atoms with Crippen LogP contribution < -0.4 is 0 Å². The summed E-state index contributed by atoms with van der Waals surface area (Å²) in [5.41, 5.74) is 2.41. The Balaban J connectivity index is 1.71. The van der Waals surface area contributed by atoms with Crippen LogP contribution in [0.1, 0.15) is 55.4 Å². The highest BCUT2D eigenvalue weighted by atomic mass is 32.2. The van der Waals surface area contributed by atoms with E-state index >= 15 is 0 Å². The maximum atomic E-state index is 13.6. The van der Waals surface area contributed by atoms with E-state index in [1.807, 2.05) is 42.2 Å². The summed E-state index contributed by atoms with van der Waals surface area (Å²) in [4.78, 5) is 31.0. The fourth-order valence-corrected chi connectivity index (χ4v) is 5.78.